The Labute approximate surface area is 224 Å². The molecule has 0 atom stereocenters. The maximum absolute atomic E-state index is 13.7. The third-order valence-corrected chi connectivity index (χ3v) is 8.41. The predicted molar refractivity (Wildman–Crippen MR) is 150 cm³/mol. The molecule has 1 amide bonds. The predicted octanol–water partition coefficient (Wildman–Crippen LogP) is 6.38. The molecule has 5 aromatic rings. The van der Waals surface area contributed by atoms with E-state index in [-0.39, 0.29) is 10.8 Å². The fourth-order valence-corrected chi connectivity index (χ4v) is 5.76. The Morgan fingerprint density at radius 1 is 0.865 bits per heavy atom. The monoisotopic (exact) mass is 573 g/mol. The first-order valence-corrected chi connectivity index (χ1v) is 13.8. The summed E-state index contributed by atoms with van der Waals surface area (Å²) in [4.78, 5) is 18.7. The van der Waals surface area contributed by atoms with Crippen molar-refractivity contribution in [1.82, 2.24) is 13.9 Å². The van der Waals surface area contributed by atoms with E-state index in [9.17, 15) is 13.2 Å². The van der Waals surface area contributed by atoms with E-state index in [2.05, 4.69) is 20.9 Å². The minimum atomic E-state index is -3.90. The van der Waals surface area contributed by atoms with Gasteiger partial charge < -0.3 is 4.90 Å². The number of aryl methyl sites for hydroxylation is 1. The first kappa shape index (κ1) is 24.9. The van der Waals surface area contributed by atoms with Crippen LogP contribution < -0.4 is 0 Å². The first-order valence-electron chi connectivity index (χ1n) is 11.6. The minimum Gasteiger partial charge on any atom is -0.345 e. The van der Waals surface area contributed by atoms with Gasteiger partial charge in [-0.1, -0.05) is 57.9 Å². The van der Waals surface area contributed by atoms with Gasteiger partial charge in [-0.2, -0.15) is 0 Å². The van der Waals surface area contributed by atoms with E-state index in [1.165, 1.54) is 8.87 Å². The van der Waals surface area contributed by atoms with Crippen molar-refractivity contribution in [3.8, 4) is 22.3 Å². The molecule has 3 aromatic carbocycles. The molecule has 0 unspecified atom stereocenters. The van der Waals surface area contributed by atoms with Gasteiger partial charge in [-0.15, -0.1) is 0 Å². The quantitative estimate of drug-likeness (QED) is 0.244. The maximum atomic E-state index is 13.7. The molecule has 0 fully saturated rings. The molecule has 0 N–H and O–H groups in total. The molecule has 0 aliphatic carbocycles. The summed E-state index contributed by atoms with van der Waals surface area (Å²) in [6.45, 7) is 1.91. The number of benzene rings is 3. The minimum absolute atomic E-state index is 0.102. The van der Waals surface area contributed by atoms with Crippen molar-refractivity contribution >= 4 is 42.9 Å². The van der Waals surface area contributed by atoms with Crippen molar-refractivity contribution < 1.29 is 13.2 Å². The van der Waals surface area contributed by atoms with Crippen LogP contribution >= 0.6 is 15.9 Å². The van der Waals surface area contributed by atoms with Crippen molar-refractivity contribution in [2.75, 3.05) is 14.1 Å². The summed E-state index contributed by atoms with van der Waals surface area (Å²) in [6, 6.07) is 23.8. The third-order valence-electron chi connectivity index (χ3n) is 6.22. The Hall–Kier alpha value is -3.75. The fourth-order valence-electron chi connectivity index (χ4n) is 4.17. The zero-order valence-corrected chi connectivity index (χ0v) is 22.9. The zero-order chi connectivity index (χ0) is 26.3. The second-order valence-electron chi connectivity index (χ2n) is 9.04. The SMILES string of the molecule is Cc1ccc(S(=O)(=O)n2cc(-c3ccc(C(=O)N(C)C)cc3)c3cc(-c4ccc(Br)cc4)cnc32)cc1. The van der Waals surface area contributed by atoms with Crippen molar-refractivity contribution in [2.45, 2.75) is 11.8 Å². The van der Waals surface area contributed by atoms with E-state index < -0.39 is 10.0 Å². The second kappa shape index (κ2) is 9.61. The summed E-state index contributed by atoms with van der Waals surface area (Å²) in [5.74, 6) is -0.102. The van der Waals surface area contributed by atoms with Crippen LogP contribution in [-0.4, -0.2) is 42.3 Å². The lowest BCUT2D eigenvalue weighted by Crippen LogP contribution is -2.21. The number of nitrogens with zero attached hydrogens (tertiary/aromatic N) is 3. The zero-order valence-electron chi connectivity index (χ0n) is 20.5. The summed E-state index contributed by atoms with van der Waals surface area (Å²) < 4.78 is 29.6. The van der Waals surface area contributed by atoms with Crippen molar-refractivity contribution in [2.24, 2.45) is 0 Å². The summed E-state index contributed by atoms with van der Waals surface area (Å²) >= 11 is 3.46. The summed E-state index contributed by atoms with van der Waals surface area (Å²) in [7, 11) is -0.491. The van der Waals surface area contributed by atoms with Crippen LogP contribution in [0, 0.1) is 6.92 Å². The van der Waals surface area contributed by atoms with Crippen LogP contribution in [-0.2, 0) is 10.0 Å². The van der Waals surface area contributed by atoms with Crippen LogP contribution in [0.2, 0.25) is 0 Å². The standard InChI is InChI=1S/C29H24BrN3O3S/c1-19-4-14-25(15-5-19)37(35,36)33-18-27(21-6-8-22(9-7-21)29(34)32(2)3)26-16-23(17-31-28(26)33)20-10-12-24(30)13-11-20/h4-18H,1-3H3. The van der Waals surface area contributed by atoms with Crippen molar-refractivity contribution in [3.63, 3.8) is 0 Å². The number of fused-ring (bicyclic) bond motifs is 1. The average molecular weight is 575 g/mol. The molecule has 37 heavy (non-hydrogen) atoms. The molecule has 0 saturated heterocycles. The molecule has 2 aromatic heterocycles. The van der Waals surface area contributed by atoms with Gasteiger partial charge in [0.15, 0.2) is 5.65 Å². The number of halogens is 1. The number of rotatable bonds is 5. The Morgan fingerprint density at radius 2 is 1.49 bits per heavy atom. The highest BCUT2D eigenvalue weighted by Crippen LogP contribution is 2.35. The first-order chi connectivity index (χ1) is 17.6. The molecule has 0 aliphatic rings. The topological polar surface area (TPSA) is 72.3 Å². The van der Waals surface area contributed by atoms with Gasteiger partial charge in [0.05, 0.1) is 4.90 Å². The lowest BCUT2D eigenvalue weighted by atomic mass is 10.0. The molecule has 0 bridgehead atoms. The van der Waals surface area contributed by atoms with Crippen molar-refractivity contribution in [3.05, 3.63) is 107 Å². The van der Waals surface area contributed by atoms with Gasteiger partial charge >= 0.3 is 0 Å². The summed E-state index contributed by atoms with van der Waals surface area (Å²) in [5.41, 5.74) is 5.19. The molecule has 8 heteroatoms. The normalized spacial score (nSPS) is 11.6. The largest absolute Gasteiger partial charge is 0.345 e. The molecular weight excluding hydrogens is 550 g/mol. The van der Waals surface area contributed by atoms with Gasteiger partial charge in [0.1, 0.15) is 0 Å². The summed E-state index contributed by atoms with van der Waals surface area (Å²) in [6.07, 6.45) is 3.30. The third kappa shape index (κ3) is 4.70. The van der Waals surface area contributed by atoms with Gasteiger partial charge in [0, 0.05) is 53.0 Å². The van der Waals surface area contributed by atoms with Gasteiger partial charge in [0.2, 0.25) is 0 Å². The Kier molecular flexibility index (Phi) is 6.47. The van der Waals surface area contributed by atoms with E-state index in [1.54, 1.807) is 62.9 Å². The number of amides is 1. The highest BCUT2D eigenvalue weighted by Gasteiger charge is 2.23. The number of pyridine rings is 1. The van der Waals surface area contributed by atoms with Crippen LogP contribution in [0.25, 0.3) is 33.3 Å². The van der Waals surface area contributed by atoms with Gasteiger partial charge in [-0.3, -0.25) is 4.79 Å². The molecule has 2 heterocycles. The van der Waals surface area contributed by atoms with E-state index in [0.29, 0.717) is 22.2 Å². The van der Waals surface area contributed by atoms with E-state index in [4.69, 9.17) is 0 Å². The van der Waals surface area contributed by atoms with E-state index >= 15 is 0 Å². The van der Waals surface area contributed by atoms with Gasteiger partial charge in [-0.25, -0.2) is 17.4 Å². The Bertz CT molecular complexity index is 1720. The molecule has 5 rings (SSSR count). The maximum Gasteiger partial charge on any atom is 0.269 e. The molecule has 6 nitrogen and oxygen atoms in total. The van der Waals surface area contributed by atoms with Gasteiger partial charge in [0.25, 0.3) is 15.9 Å². The number of hydrogen-bond donors (Lipinski definition) is 0. The molecule has 0 aliphatic heterocycles. The number of carbonyl (C=O) groups is 1. The van der Waals surface area contributed by atoms with Crippen LogP contribution in [0.5, 0.6) is 0 Å². The van der Waals surface area contributed by atoms with Crippen LogP contribution in [0.3, 0.4) is 0 Å². The molecule has 0 radical (unpaired) electrons. The van der Waals surface area contributed by atoms with Crippen molar-refractivity contribution in [1.29, 1.82) is 0 Å². The molecule has 0 saturated carbocycles. The smallest absolute Gasteiger partial charge is 0.269 e. The number of aromatic nitrogens is 2. The highest BCUT2D eigenvalue weighted by atomic mass is 79.9. The lowest BCUT2D eigenvalue weighted by molar-refractivity contribution is 0.0827. The van der Waals surface area contributed by atoms with E-state index in [0.717, 1.165) is 26.7 Å². The lowest BCUT2D eigenvalue weighted by Gasteiger charge is -2.10. The number of hydrogen-bond acceptors (Lipinski definition) is 4. The molecule has 0 spiro atoms. The molecule has 186 valence electrons. The van der Waals surface area contributed by atoms with E-state index in [1.807, 2.05) is 49.4 Å². The van der Waals surface area contributed by atoms with Crippen LogP contribution in [0.4, 0.5) is 0 Å². The van der Waals surface area contributed by atoms with Gasteiger partial charge in [-0.05, 0) is 60.5 Å². The highest BCUT2D eigenvalue weighted by molar-refractivity contribution is 9.10. The Morgan fingerprint density at radius 3 is 2.11 bits per heavy atom. The fraction of sp³-hybridized carbons (Fsp3) is 0.103. The summed E-state index contributed by atoms with van der Waals surface area (Å²) in [5, 5.41) is 0.697. The number of carbonyl (C=O) groups excluding carboxylic acids is 1. The second-order valence-corrected chi connectivity index (χ2v) is 11.8. The Balaban J connectivity index is 1.71. The van der Waals surface area contributed by atoms with Crippen LogP contribution in [0.15, 0.2) is 101 Å². The average Bonchev–Trinajstić information content (AvgIpc) is 3.29. The molecular formula is C29H24BrN3O3S. The van der Waals surface area contributed by atoms with Crippen LogP contribution in [0.1, 0.15) is 15.9 Å².